The van der Waals surface area contributed by atoms with Crippen LogP contribution in [0.5, 0.6) is 0 Å². The van der Waals surface area contributed by atoms with E-state index < -0.39 is 0 Å². The van der Waals surface area contributed by atoms with Crippen molar-refractivity contribution in [2.24, 2.45) is 10.9 Å². The minimum absolute atomic E-state index is 0.165. The maximum atomic E-state index is 6.26. The van der Waals surface area contributed by atoms with Crippen LogP contribution in [0.1, 0.15) is 37.7 Å². The number of benzene rings is 1. The third-order valence-electron chi connectivity index (χ3n) is 5.71. The van der Waals surface area contributed by atoms with Crippen molar-refractivity contribution in [3.8, 4) is 0 Å². The lowest BCUT2D eigenvalue weighted by atomic mass is 9.79. The maximum absolute atomic E-state index is 6.26. The fourth-order valence-electron chi connectivity index (χ4n) is 4.27. The highest BCUT2D eigenvalue weighted by atomic mass is 35.5. The molecule has 1 unspecified atom stereocenters. The van der Waals surface area contributed by atoms with Gasteiger partial charge in [-0.05, 0) is 37.0 Å². The highest BCUT2D eigenvalue weighted by Gasteiger charge is 2.36. The fraction of sp³-hybridized carbons (Fsp3) is 0.650. The van der Waals surface area contributed by atoms with Crippen LogP contribution in [0.3, 0.4) is 0 Å². The van der Waals surface area contributed by atoms with Gasteiger partial charge in [0.15, 0.2) is 5.96 Å². The van der Waals surface area contributed by atoms with E-state index in [0.29, 0.717) is 5.92 Å². The molecule has 2 aliphatic rings. The highest BCUT2D eigenvalue weighted by Crippen LogP contribution is 2.41. The number of guanidine groups is 1. The molecule has 1 saturated heterocycles. The van der Waals surface area contributed by atoms with Gasteiger partial charge in [0, 0.05) is 50.1 Å². The lowest BCUT2D eigenvalue weighted by molar-refractivity contribution is 0.181. The van der Waals surface area contributed by atoms with Gasteiger partial charge in [0.05, 0.1) is 6.61 Å². The van der Waals surface area contributed by atoms with Gasteiger partial charge in [-0.25, -0.2) is 0 Å². The van der Waals surface area contributed by atoms with Crippen LogP contribution in [0.4, 0.5) is 0 Å². The van der Waals surface area contributed by atoms with E-state index in [0.717, 1.165) is 43.7 Å². The highest BCUT2D eigenvalue weighted by molar-refractivity contribution is 6.30. The molecule has 25 heavy (non-hydrogen) atoms. The van der Waals surface area contributed by atoms with Crippen LogP contribution in [0.15, 0.2) is 29.3 Å². The van der Waals surface area contributed by atoms with E-state index in [1.165, 1.54) is 31.2 Å². The Balaban J connectivity index is 1.65. The Hall–Kier alpha value is -1.26. The van der Waals surface area contributed by atoms with Gasteiger partial charge in [-0.2, -0.15) is 0 Å². The molecule has 1 atom stereocenters. The van der Waals surface area contributed by atoms with Gasteiger partial charge in [-0.1, -0.05) is 36.6 Å². The topological polar surface area (TPSA) is 36.9 Å². The number of halogens is 1. The minimum Gasteiger partial charge on any atom is -0.381 e. The SMILES string of the molecule is CN=C(NCC1(c2cccc(Cl)c2)CCCC1)N(C)CC1CCOC1. The Morgan fingerprint density at radius 1 is 1.40 bits per heavy atom. The van der Waals surface area contributed by atoms with E-state index in [1.807, 2.05) is 13.1 Å². The molecule has 1 aliphatic heterocycles. The quantitative estimate of drug-likeness (QED) is 0.640. The Morgan fingerprint density at radius 3 is 2.84 bits per heavy atom. The summed E-state index contributed by atoms with van der Waals surface area (Å²) in [6.45, 7) is 3.66. The summed E-state index contributed by atoms with van der Waals surface area (Å²) in [6, 6.07) is 8.38. The molecule has 1 aliphatic carbocycles. The van der Waals surface area contributed by atoms with Crippen LogP contribution < -0.4 is 5.32 Å². The molecule has 0 amide bonds. The predicted octanol–water partition coefficient (Wildman–Crippen LogP) is 3.70. The van der Waals surface area contributed by atoms with Gasteiger partial charge >= 0.3 is 0 Å². The summed E-state index contributed by atoms with van der Waals surface area (Å²) in [5.41, 5.74) is 1.52. The normalized spacial score (nSPS) is 23.0. The van der Waals surface area contributed by atoms with Gasteiger partial charge in [-0.15, -0.1) is 0 Å². The van der Waals surface area contributed by atoms with Crippen LogP contribution >= 0.6 is 11.6 Å². The first kappa shape index (κ1) is 18.5. The average Bonchev–Trinajstić information content (AvgIpc) is 3.28. The molecule has 1 saturated carbocycles. The molecule has 1 aromatic carbocycles. The molecule has 1 heterocycles. The summed E-state index contributed by atoms with van der Waals surface area (Å²) in [5.74, 6) is 1.58. The third-order valence-corrected chi connectivity index (χ3v) is 5.95. The molecular formula is C20H30ClN3O. The lowest BCUT2D eigenvalue weighted by Crippen LogP contribution is -2.46. The first-order valence-corrected chi connectivity index (χ1v) is 9.76. The van der Waals surface area contributed by atoms with Crippen molar-refractivity contribution >= 4 is 17.6 Å². The first-order chi connectivity index (χ1) is 12.1. The second-order valence-corrected chi connectivity index (χ2v) is 7.95. The second kappa shape index (κ2) is 8.41. The van der Waals surface area contributed by atoms with E-state index in [-0.39, 0.29) is 5.41 Å². The van der Waals surface area contributed by atoms with Crippen LogP contribution in [0.2, 0.25) is 5.02 Å². The van der Waals surface area contributed by atoms with Crippen LogP contribution in [-0.4, -0.2) is 51.3 Å². The van der Waals surface area contributed by atoms with E-state index in [1.54, 1.807) is 0 Å². The third kappa shape index (κ3) is 4.48. The van der Waals surface area contributed by atoms with E-state index in [2.05, 4.69) is 40.5 Å². The zero-order valence-electron chi connectivity index (χ0n) is 15.4. The molecule has 0 radical (unpaired) electrons. The van der Waals surface area contributed by atoms with Crippen molar-refractivity contribution in [2.75, 3.05) is 40.4 Å². The molecule has 3 rings (SSSR count). The number of hydrogen-bond acceptors (Lipinski definition) is 2. The van der Waals surface area contributed by atoms with Gasteiger partial charge in [0.1, 0.15) is 0 Å². The monoisotopic (exact) mass is 363 g/mol. The minimum atomic E-state index is 0.165. The number of hydrogen-bond donors (Lipinski definition) is 1. The zero-order valence-corrected chi connectivity index (χ0v) is 16.2. The second-order valence-electron chi connectivity index (χ2n) is 7.51. The van der Waals surface area contributed by atoms with Crippen molar-refractivity contribution < 1.29 is 4.74 Å². The average molecular weight is 364 g/mol. The number of rotatable bonds is 5. The summed E-state index contributed by atoms with van der Waals surface area (Å²) in [7, 11) is 3.99. The van der Waals surface area contributed by atoms with Crippen molar-refractivity contribution in [3.63, 3.8) is 0 Å². The number of nitrogens with one attached hydrogen (secondary N) is 1. The van der Waals surface area contributed by atoms with E-state index in [9.17, 15) is 0 Å². The van der Waals surface area contributed by atoms with Crippen LogP contribution in [0, 0.1) is 5.92 Å². The van der Waals surface area contributed by atoms with Gasteiger partial charge in [0.25, 0.3) is 0 Å². The Labute approximate surface area is 156 Å². The molecule has 1 N–H and O–H groups in total. The summed E-state index contributed by atoms with van der Waals surface area (Å²) in [4.78, 5) is 6.73. The summed E-state index contributed by atoms with van der Waals surface area (Å²) in [5, 5.41) is 4.46. The summed E-state index contributed by atoms with van der Waals surface area (Å²) in [6.07, 6.45) is 6.12. The van der Waals surface area contributed by atoms with E-state index in [4.69, 9.17) is 16.3 Å². The molecule has 4 nitrogen and oxygen atoms in total. The lowest BCUT2D eigenvalue weighted by Gasteiger charge is -2.33. The van der Waals surface area contributed by atoms with Crippen molar-refractivity contribution in [1.29, 1.82) is 0 Å². The summed E-state index contributed by atoms with van der Waals surface area (Å²) >= 11 is 6.26. The van der Waals surface area contributed by atoms with Gasteiger partial charge in [-0.3, -0.25) is 4.99 Å². The maximum Gasteiger partial charge on any atom is 0.193 e. The van der Waals surface area contributed by atoms with E-state index >= 15 is 0 Å². The molecule has 1 aromatic rings. The van der Waals surface area contributed by atoms with Crippen molar-refractivity contribution in [2.45, 2.75) is 37.5 Å². The Morgan fingerprint density at radius 2 is 2.20 bits per heavy atom. The largest absolute Gasteiger partial charge is 0.381 e. The standard InChI is InChI=1S/C20H30ClN3O/c1-22-19(24(2)13-16-8-11-25-14-16)23-15-20(9-3-4-10-20)17-6-5-7-18(21)12-17/h5-7,12,16H,3-4,8-11,13-15H2,1-2H3,(H,22,23). The molecule has 0 spiro atoms. The number of ether oxygens (including phenoxy) is 1. The zero-order chi connectivity index (χ0) is 17.7. The Kier molecular flexibility index (Phi) is 6.24. The number of nitrogens with zero attached hydrogens (tertiary/aromatic N) is 2. The first-order valence-electron chi connectivity index (χ1n) is 9.38. The summed E-state index contributed by atoms with van der Waals surface area (Å²) < 4.78 is 5.50. The van der Waals surface area contributed by atoms with Crippen LogP contribution in [-0.2, 0) is 10.2 Å². The fourth-order valence-corrected chi connectivity index (χ4v) is 4.46. The molecule has 5 heteroatoms. The molecule has 138 valence electrons. The Bertz CT molecular complexity index is 592. The molecule has 2 fully saturated rings. The van der Waals surface area contributed by atoms with Crippen LogP contribution in [0.25, 0.3) is 0 Å². The molecule has 0 bridgehead atoms. The van der Waals surface area contributed by atoms with Gasteiger partial charge < -0.3 is 15.0 Å². The predicted molar refractivity (Wildman–Crippen MR) is 105 cm³/mol. The smallest absolute Gasteiger partial charge is 0.193 e. The molecule has 0 aromatic heterocycles. The number of aliphatic imine (C=N–C) groups is 1. The van der Waals surface area contributed by atoms with Gasteiger partial charge in [0.2, 0.25) is 0 Å². The van der Waals surface area contributed by atoms with Crippen molar-refractivity contribution in [3.05, 3.63) is 34.9 Å². The molecular weight excluding hydrogens is 334 g/mol. The van der Waals surface area contributed by atoms with Crippen molar-refractivity contribution in [1.82, 2.24) is 10.2 Å².